The van der Waals surface area contributed by atoms with Gasteiger partial charge in [-0.3, -0.25) is 0 Å². The number of fused-ring (bicyclic) bond motifs is 1. The van der Waals surface area contributed by atoms with E-state index in [9.17, 15) is 9.59 Å². The van der Waals surface area contributed by atoms with Crippen molar-refractivity contribution in [2.24, 2.45) is 0 Å². The number of nitrogens with zero attached hydrogens (tertiary/aromatic N) is 2. The van der Waals surface area contributed by atoms with E-state index in [1.165, 1.54) is 20.3 Å². The van der Waals surface area contributed by atoms with Crippen molar-refractivity contribution in [2.45, 2.75) is 26.2 Å². The van der Waals surface area contributed by atoms with E-state index in [1.54, 1.807) is 23.3 Å². The Morgan fingerprint density at radius 3 is 2.64 bits per heavy atom. The van der Waals surface area contributed by atoms with Crippen LogP contribution in [0.3, 0.4) is 0 Å². The number of esters is 2. The second-order valence-electron chi connectivity index (χ2n) is 6.15. The quantitative estimate of drug-likeness (QED) is 0.705. The van der Waals surface area contributed by atoms with E-state index < -0.39 is 11.9 Å². The summed E-state index contributed by atoms with van der Waals surface area (Å²) >= 11 is 0. The fourth-order valence-electron chi connectivity index (χ4n) is 2.96. The molecule has 1 aromatic heterocycles. The predicted octanol–water partition coefficient (Wildman–Crippen LogP) is 3.66. The van der Waals surface area contributed by atoms with Crippen molar-refractivity contribution in [3.05, 3.63) is 59.8 Å². The molecule has 2 heterocycles. The van der Waals surface area contributed by atoms with Crippen LogP contribution in [0.25, 0.3) is 11.1 Å². The molecule has 0 N–H and O–H groups in total. The van der Waals surface area contributed by atoms with Gasteiger partial charge in [0.15, 0.2) is 11.5 Å². The maximum atomic E-state index is 12.6. The molecule has 146 valence electrons. The van der Waals surface area contributed by atoms with Crippen LogP contribution < -0.4 is 4.90 Å². The maximum Gasteiger partial charge on any atom is 0.355 e. The third-order valence-electron chi connectivity index (χ3n) is 4.33. The maximum absolute atomic E-state index is 12.6. The molecule has 0 amide bonds. The Morgan fingerprint density at radius 2 is 1.93 bits per heavy atom. The van der Waals surface area contributed by atoms with Crippen molar-refractivity contribution in [2.75, 3.05) is 19.1 Å². The van der Waals surface area contributed by atoms with Gasteiger partial charge in [-0.1, -0.05) is 25.5 Å². The lowest BCUT2D eigenvalue weighted by molar-refractivity contribution is -0.139. The summed E-state index contributed by atoms with van der Waals surface area (Å²) in [7, 11) is 2.53. The molecule has 7 nitrogen and oxygen atoms in total. The van der Waals surface area contributed by atoms with E-state index in [-0.39, 0.29) is 11.3 Å². The van der Waals surface area contributed by atoms with Crippen molar-refractivity contribution in [1.82, 2.24) is 4.98 Å². The summed E-state index contributed by atoms with van der Waals surface area (Å²) in [6.45, 7) is 2.10. The number of anilines is 1. The summed E-state index contributed by atoms with van der Waals surface area (Å²) in [5.74, 6) is -0.664. The second-order valence-corrected chi connectivity index (χ2v) is 6.15. The average Bonchev–Trinajstić information content (AvgIpc) is 3.01. The summed E-state index contributed by atoms with van der Waals surface area (Å²) in [5.41, 5.74) is 1.95. The first-order valence-corrected chi connectivity index (χ1v) is 9.04. The molecule has 1 aliphatic heterocycles. The van der Waals surface area contributed by atoms with Gasteiger partial charge in [0.1, 0.15) is 11.2 Å². The zero-order valence-electron chi connectivity index (χ0n) is 16.1. The number of para-hydroxylation sites is 1. The van der Waals surface area contributed by atoms with Crippen LogP contribution in [0.2, 0.25) is 0 Å². The highest BCUT2D eigenvalue weighted by Crippen LogP contribution is 2.32. The number of rotatable bonds is 6. The van der Waals surface area contributed by atoms with E-state index in [4.69, 9.17) is 13.9 Å². The molecule has 28 heavy (non-hydrogen) atoms. The van der Waals surface area contributed by atoms with Gasteiger partial charge in [0.05, 0.1) is 25.5 Å². The number of aromatic nitrogens is 1. The van der Waals surface area contributed by atoms with Crippen LogP contribution in [0, 0.1) is 0 Å². The van der Waals surface area contributed by atoms with Crippen molar-refractivity contribution >= 4 is 28.7 Å². The molecule has 2 aromatic rings. The minimum atomic E-state index is -0.664. The molecule has 0 unspecified atom stereocenters. The Bertz CT molecular complexity index is 984. The van der Waals surface area contributed by atoms with Gasteiger partial charge in [-0.15, -0.1) is 0 Å². The molecule has 1 aromatic carbocycles. The van der Waals surface area contributed by atoms with E-state index in [1.807, 2.05) is 18.2 Å². The monoisotopic (exact) mass is 382 g/mol. The number of carbonyl (C=O) groups excluding carboxylic acids is 2. The third kappa shape index (κ3) is 3.69. The van der Waals surface area contributed by atoms with Crippen LogP contribution in [-0.2, 0) is 25.5 Å². The van der Waals surface area contributed by atoms with Gasteiger partial charge in [0.25, 0.3) is 0 Å². The number of hydrogen-bond acceptors (Lipinski definition) is 7. The topological polar surface area (TPSA) is 81.9 Å². The normalized spacial score (nSPS) is 13.8. The van der Waals surface area contributed by atoms with Crippen LogP contribution in [0.15, 0.2) is 58.3 Å². The van der Waals surface area contributed by atoms with Gasteiger partial charge in [-0.25, -0.2) is 14.6 Å². The van der Waals surface area contributed by atoms with Gasteiger partial charge in [-0.2, -0.15) is 0 Å². The fraction of sp³-hybridized carbons (Fsp3) is 0.286. The molecular formula is C21H22N2O5. The summed E-state index contributed by atoms with van der Waals surface area (Å²) < 4.78 is 15.6. The Kier molecular flexibility index (Phi) is 5.93. The second kappa shape index (κ2) is 8.56. The van der Waals surface area contributed by atoms with Gasteiger partial charge >= 0.3 is 11.9 Å². The smallest absolute Gasteiger partial charge is 0.355 e. The Hall–Kier alpha value is -3.35. The van der Waals surface area contributed by atoms with Gasteiger partial charge < -0.3 is 18.8 Å². The number of aryl methyl sites for hydroxylation is 1. The van der Waals surface area contributed by atoms with Crippen molar-refractivity contribution in [3.63, 3.8) is 0 Å². The molecule has 1 aliphatic rings. The Balaban J connectivity index is 2.18. The van der Waals surface area contributed by atoms with Crippen LogP contribution >= 0.6 is 0 Å². The number of unbranched alkanes of at least 4 members (excludes halogenated alkanes) is 1. The molecule has 0 bridgehead atoms. The summed E-state index contributed by atoms with van der Waals surface area (Å²) in [5, 5.41) is 0. The van der Waals surface area contributed by atoms with Crippen molar-refractivity contribution in [3.8, 4) is 0 Å². The van der Waals surface area contributed by atoms with E-state index in [0.29, 0.717) is 22.7 Å². The molecule has 0 spiro atoms. The van der Waals surface area contributed by atoms with Crippen molar-refractivity contribution < 1.29 is 23.5 Å². The number of ether oxygens (including phenoxy) is 2. The highest BCUT2D eigenvalue weighted by molar-refractivity contribution is 6.06. The predicted molar refractivity (Wildman–Crippen MR) is 104 cm³/mol. The molecule has 0 fully saturated rings. The molecule has 0 saturated carbocycles. The molecular weight excluding hydrogens is 360 g/mol. The van der Waals surface area contributed by atoms with E-state index in [2.05, 4.69) is 11.9 Å². The lowest BCUT2D eigenvalue weighted by Crippen LogP contribution is -2.27. The first-order valence-electron chi connectivity index (χ1n) is 9.04. The molecule has 0 saturated heterocycles. The molecule has 0 atom stereocenters. The summed E-state index contributed by atoms with van der Waals surface area (Å²) in [6.07, 6.45) is 9.30. The lowest BCUT2D eigenvalue weighted by Gasteiger charge is -2.23. The van der Waals surface area contributed by atoms with Gasteiger partial charge in [-0.05, 0) is 30.7 Å². The SMILES string of the molecule is CCCCc1nc2c(N3C=CC=CC(C(=O)OC)=C3C(=O)OC)cccc2o1. The van der Waals surface area contributed by atoms with Crippen LogP contribution in [0.1, 0.15) is 25.7 Å². The van der Waals surface area contributed by atoms with Crippen LogP contribution in [0.4, 0.5) is 5.69 Å². The van der Waals surface area contributed by atoms with Crippen molar-refractivity contribution in [1.29, 1.82) is 0 Å². The molecule has 7 heteroatoms. The third-order valence-corrected chi connectivity index (χ3v) is 4.33. The number of oxazole rings is 1. The summed E-state index contributed by atoms with van der Waals surface area (Å²) in [4.78, 5) is 31.0. The highest BCUT2D eigenvalue weighted by Gasteiger charge is 2.29. The first kappa shape index (κ1) is 19.4. The number of carbonyl (C=O) groups is 2. The molecule has 0 aliphatic carbocycles. The summed E-state index contributed by atoms with van der Waals surface area (Å²) in [6, 6.07) is 5.44. The average molecular weight is 382 g/mol. The number of methoxy groups -OCH3 is 2. The Labute approximate surface area is 162 Å². The Morgan fingerprint density at radius 1 is 1.14 bits per heavy atom. The van der Waals surface area contributed by atoms with Crippen LogP contribution in [0.5, 0.6) is 0 Å². The van der Waals surface area contributed by atoms with E-state index in [0.717, 1.165) is 19.3 Å². The minimum Gasteiger partial charge on any atom is -0.465 e. The standard InChI is InChI=1S/C21H22N2O5/c1-4-5-12-17-22-18-15(10-8-11-16(18)28-17)23-13-7-6-9-14(20(24)26-2)19(23)21(25)27-3/h6-11,13H,4-5,12H2,1-3H3. The molecule has 0 radical (unpaired) electrons. The van der Waals surface area contributed by atoms with Gasteiger partial charge in [0.2, 0.25) is 0 Å². The zero-order chi connectivity index (χ0) is 20.1. The largest absolute Gasteiger partial charge is 0.465 e. The highest BCUT2D eigenvalue weighted by atomic mass is 16.5. The minimum absolute atomic E-state index is 0.0463. The zero-order valence-corrected chi connectivity index (χ0v) is 16.1. The van der Waals surface area contributed by atoms with Gasteiger partial charge in [0, 0.05) is 12.6 Å². The molecule has 3 rings (SSSR count). The number of allylic oxidation sites excluding steroid dienone is 2. The first-order chi connectivity index (χ1) is 13.6. The fourth-order valence-corrected chi connectivity index (χ4v) is 2.96. The van der Waals surface area contributed by atoms with Crippen LogP contribution in [-0.4, -0.2) is 31.1 Å². The van der Waals surface area contributed by atoms with E-state index >= 15 is 0 Å². The number of hydrogen-bond donors (Lipinski definition) is 0. The lowest BCUT2D eigenvalue weighted by atomic mass is 10.1. The number of benzene rings is 1.